The number of rotatable bonds is 2. The number of nitriles is 1. The largest absolute Gasteiger partial charge is 0.388 e. The molecule has 1 heterocycles. The highest BCUT2D eigenvalue weighted by Crippen LogP contribution is 2.25. The Morgan fingerprint density at radius 2 is 2.25 bits per heavy atom. The van der Waals surface area contributed by atoms with Gasteiger partial charge in [-0.2, -0.15) is 5.26 Å². The zero-order valence-corrected chi connectivity index (χ0v) is 9.83. The highest BCUT2D eigenvalue weighted by atomic mass is 35.5. The van der Waals surface area contributed by atoms with Crippen LogP contribution in [0.4, 0.5) is 0 Å². The van der Waals surface area contributed by atoms with E-state index in [1.54, 1.807) is 12.1 Å². The van der Waals surface area contributed by atoms with Crippen molar-refractivity contribution in [2.45, 2.75) is 19.1 Å². The Hall–Kier alpha value is -1.08. The van der Waals surface area contributed by atoms with Gasteiger partial charge in [0, 0.05) is 24.7 Å². The number of likely N-dealkylation sites (tertiary alicyclic amines) is 1. The van der Waals surface area contributed by atoms with E-state index in [9.17, 15) is 5.11 Å². The molecule has 0 unspecified atom stereocenters. The second-order valence-corrected chi connectivity index (χ2v) is 4.97. The average molecular weight is 237 g/mol. The highest BCUT2D eigenvalue weighted by Gasteiger charge is 2.36. The SMILES string of the molecule is CC1(O)CN(Cc2ccc(C#N)cc2Cl)C1. The van der Waals surface area contributed by atoms with Crippen LogP contribution in [0.1, 0.15) is 18.1 Å². The van der Waals surface area contributed by atoms with Gasteiger partial charge in [0.2, 0.25) is 0 Å². The number of benzene rings is 1. The Morgan fingerprint density at radius 3 is 2.75 bits per heavy atom. The van der Waals surface area contributed by atoms with Crippen molar-refractivity contribution >= 4 is 11.6 Å². The smallest absolute Gasteiger partial charge is 0.0992 e. The third-order valence-corrected chi connectivity index (χ3v) is 3.06. The summed E-state index contributed by atoms with van der Waals surface area (Å²) in [5.74, 6) is 0. The van der Waals surface area contributed by atoms with Gasteiger partial charge in [-0.3, -0.25) is 4.90 Å². The third kappa shape index (κ3) is 2.35. The van der Waals surface area contributed by atoms with Crippen LogP contribution in [0.5, 0.6) is 0 Å². The Labute approximate surface area is 99.9 Å². The van der Waals surface area contributed by atoms with Crippen molar-refractivity contribution in [3.8, 4) is 6.07 Å². The van der Waals surface area contributed by atoms with Crippen LogP contribution in [-0.2, 0) is 6.54 Å². The first kappa shape index (κ1) is 11.4. The van der Waals surface area contributed by atoms with E-state index in [4.69, 9.17) is 16.9 Å². The molecule has 3 nitrogen and oxygen atoms in total. The van der Waals surface area contributed by atoms with Gasteiger partial charge in [-0.1, -0.05) is 17.7 Å². The molecular formula is C12H13ClN2O. The zero-order chi connectivity index (χ0) is 11.8. The minimum Gasteiger partial charge on any atom is -0.388 e. The van der Waals surface area contributed by atoms with Crippen LogP contribution in [0.25, 0.3) is 0 Å². The van der Waals surface area contributed by atoms with Crippen molar-refractivity contribution in [1.29, 1.82) is 5.26 Å². The molecule has 0 amide bonds. The van der Waals surface area contributed by atoms with Crippen molar-refractivity contribution in [1.82, 2.24) is 4.90 Å². The lowest BCUT2D eigenvalue weighted by Gasteiger charge is -2.44. The van der Waals surface area contributed by atoms with Crippen LogP contribution < -0.4 is 0 Å². The number of hydrogen-bond donors (Lipinski definition) is 1. The first-order chi connectivity index (χ1) is 7.50. The first-order valence-corrected chi connectivity index (χ1v) is 5.51. The third-order valence-electron chi connectivity index (χ3n) is 2.70. The summed E-state index contributed by atoms with van der Waals surface area (Å²) in [5.41, 5.74) is 1.01. The summed E-state index contributed by atoms with van der Waals surface area (Å²) < 4.78 is 0. The number of aliphatic hydroxyl groups is 1. The molecule has 2 rings (SSSR count). The van der Waals surface area contributed by atoms with Crippen LogP contribution in [0, 0.1) is 11.3 Å². The predicted molar refractivity (Wildman–Crippen MR) is 62.1 cm³/mol. The summed E-state index contributed by atoms with van der Waals surface area (Å²) in [6.07, 6.45) is 0. The van der Waals surface area contributed by atoms with E-state index < -0.39 is 5.60 Å². The van der Waals surface area contributed by atoms with Crippen molar-refractivity contribution in [3.63, 3.8) is 0 Å². The van der Waals surface area contributed by atoms with Gasteiger partial charge < -0.3 is 5.11 Å². The molecule has 1 aliphatic rings. The van der Waals surface area contributed by atoms with Crippen LogP contribution in [0.2, 0.25) is 5.02 Å². The molecule has 16 heavy (non-hydrogen) atoms. The maximum atomic E-state index is 9.60. The van der Waals surface area contributed by atoms with E-state index in [-0.39, 0.29) is 0 Å². The highest BCUT2D eigenvalue weighted by molar-refractivity contribution is 6.31. The van der Waals surface area contributed by atoms with E-state index in [0.717, 1.165) is 12.1 Å². The standard InChI is InChI=1S/C12H13ClN2O/c1-12(16)7-15(8-12)6-10-3-2-9(5-14)4-11(10)13/h2-4,16H,6-8H2,1H3. The lowest BCUT2D eigenvalue weighted by molar-refractivity contribution is -0.0871. The average Bonchev–Trinajstić information content (AvgIpc) is 2.18. The van der Waals surface area contributed by atoms with Gasteiger partial charge >= 0.3 is 0 Å². The molecule has 1 aliphatic heterocycles. The molecule has 0 atom stereocenters. The van der Waals surface area contributed by atoms with Crippen molar-refractivity contribution in [2.24, 2.45) is 0 Å². The summed E-state index contributed by atoms with van der Waals surface area (Å²) in [6.45, 7) is 3.89. The monoisotopic (exact) mass is 236 g/mol. The molecule has 0 bridgehead atoms. The number of halogens is 1. The summed E-state index contributed by atoms with van der Waals surface area (Å²) in [7, 11) is 0. The Morgan fingerprint density at radius 1 is 1.56 bits per heavy atom. The predicted octanol–water partition coefficient (Wildman–Crippen LogP) is 1.78. The number of β-amino-alcohol motifs (C(OH)–C–C–N with tert-alkyl or cyclic N) is 1. The Bertz CT molecular complexity index is 443. The fourth-order valence-electron chi connectivity index (χ4n) is 2.01. The molecule has 1 aromatic carbocycles. The van der Waals surface area contributed by atoms with Crippen LogP contribution in [0.15, 0.2) is 18.2 Å². The molecule has 0 radical (unpaired) electrons. The lowest BCUT2D eigenvalue weighted by Crippen LogP contribution is -2.59. The molecule has 1 N–H and O–H groups in total. The van der Waals surface area contributed by atoms with Crippen LogP contribution in [0.3, 0.4) is 0 Å². The van der Waals surface area contributed by atoms with Gasteiger partial charge in [0.15, 0.2) is 0 Å². The van der Waals surface area contributed by atoms with Crippen molar-refractivity contribution in [2.75, 3.05) is 13.1 Å². The molecule has 0 saturated carbocycles. The molecular weight excluding hydrogens is 224 g/mol. The van der Waals surface area contributed by atoms with Crippen LogP contribution in [-0.4, -0.2) is 28.7 Å². The minimum atomic E-state index is -0.556. The van der Waals surface area contributed by atoms with E-state index in [2.05, 4.69) is 11.0 Å². The molecule has 0 aliphatic carbocycles. The fraction of sp³-hybridized carbons (Fsp3) is 0.417. The van der Waals surface area contributed by atoms with Gasteiger partial charge in [0.25, 0.3) is 0 Å². The van der Waals surface area contributed by atoms with Gasteiger partial charge in [0.1, 0.15) is 0 Å². The second-order valence-electron chi connectivity index (χ2n) is 4.56. The maximum Gasteiger partial charge on any atom is 0.0992 e. The van der Waals surface area contributed by atoms with Gasteiger partial charge in [-0.15, -0.1) is 0 Å². The van der Waals surface area contributed by atoms with E-state index in [1.807, 2.05) is 13.0 Å². The first-order valence-electron chi connectivity index (χ1n) is 5.13. The summed E-state index contributed by atoms with van der Waals surface area (Å²) >= 11 is 6.06. The lowest BCUT2D eigenvalue weighted by atomic mass is 9.96. The van der Waals surface area contributed by atoms with Crippen LogP contribution >= 0.6 is 11.6 Å². The molecule has 1 fully saturated rings. The summed E-state index contributed by atoms with van der Waals surface area (Å²) in [5, 5.41) is 18.9. The minimum absolute atomic E-state index is 0.556. The van der Waals surface area contributed by atoms with E-state index in [0.29, 0.717) is 23.7 Å². The second kappa shape index (κ2) is 4.06. The fourth-order valence-corrected chi connectivity index (χ4v) is 2.26. The molecule has 4 heteroatoms. The van der Waals surface area contributed by atoms with Gasteiger partial charge in [0.05, 0.1) is 17.2 Å². The molecule has 1 saturated heterocycles. The molecule has 84 valence electrons. The number of nitrogens with zero attached hydrogens (tertiary/aromatic N) is 2. The van der Waals surface area contributed by atoms with E-state index in [1.165, 1.54) is 0 Å². The zero-order valence-electron chi connectivity index (χ0n) is 9.07. The van der Waals surface area contributed by atoms with Gasteiger partial charge in [-0.05, 0) is 24.6 Å². The molecule has 0 aromatic heterocycles. The molecule has 0 spiro atoms. The summed E-state index contributed by atoms with van der Waals surface area (Å²) in [6, 6.07) is 7.36. The number of hydrogen-bond acceptors (Lipinski definition) is 3. The topological polar surface area (TPSA) is 47.3 Å². The summed E-state index contributed by atoms with van der Waals surface area (Å²) in [4.78, 5) is 2.12. The van der Waals surface area contributed by atoms with E-state index >= 15 is 0 Å². The van der Waals surface area contributed by atoms with Gasteiger partial charge in [-0.25, -0.2) is 0 Å². The molecule has 1 aromatic rings. The quantitative estimate of drug-likeness (QED) is 0.852. The van der Waals surface area contributed by atoms with Crippen molar-refractivity contribution in [3.05, 3.63) is 34.3 Å². The normalized spacial score (nSPS) is 18.9. The maximum absolute atomic E-state index is 9.60. The Balaban J connectivity index is 2.04. The Kier molecular flexibility index (Phi) is 2.90. The van der Waals surface area contributed by atoms with Crippen molar-refractivity contribution < 1.29 is 5.11 Å².